The zero-order valence-corrected chi connectivity index (χ0v) is 13.9. The van der Waals surface area contributed by atoms with Crippen molar-refractivity contribution in [3.05, 3.63) is 45.0 Å². The van der Waals surface area contributed by atoms with E-state index in [2.05, 4.69) is 15.9 Å². The molecule has 1 aromatic carbocycles. The maximum atomic E-state index is 13.6. The molecule has 2 atom stereocenters. The number of nitrogens with zero attached hydrogens (tertiary/aromatic N) is 1. The zero-order valence-electron chi connectivity index (χ0n) is 12.3. The zero-order chi connectivity index (χ0) is 17.1. The van der Waals surface area contributed by atoms with E-state index in [-0.39, 0.29) is 22.8 Å². The number of primary amides is 1. The lowest BCUT2D eigenvalue weighted by Gasteiger charge is -2.17. The van der Waals surface area contributed by atoms with Crippen LogP contribution in [0, 0.1) is 5.82 Å². The van der Waals surface area contributed by atoms with Gasteiger partial charge in [0.2, 0.25) is 0 Å². The Hall–Kier alpha value is -1.93. The second-order valence-electron chi connectivity index (χ2n) is 5.26. The summed E-state index contributed by atoms with van der Waals surface area (Å²) in [6.07, 6.45) is -0.763. The molecule has 0 radical (unpaired) electrons. The lowest BCUT2D eigenvalue weighted by molar-refractivity contribution is 0.0604. The topological polar surface area (TPSA) is 94.6 Å². The number of benzene rings is 1. The summed E-state index contributed by atoms with van der Waals surface area (Å²) in [5.41, 5.74) is 4.49. The van der Waals surface area contributed by atoms with Gasteiger partial charge in [-0.25, -0.2) is 9.18 Å². The number of nitrogens with two attached hydrogens (primary N) is 1. The van der Waals surface area contributed by atoms with Crippen molar-refractivity contribution in [1.82, 2.24) is 4.57 Å². The Morgan fingerprint density at radius 2 is 2.22 bits per heavy atom. The van der Waals surface area contributed by atoms with E-state index in [0.29, 0.717) is 5.39 Å². The van der Waals surface area contributed by atoms with Crippen LogP contribution >= 0.6 is 15.9 Å². The molecule has 1 amide bonds. The first-order valence-electron chi connectivity index (χ1n) is 6.90. The fourth-order valence-electron chi connectivity index (χ4n) is 2.35. The average molecular weight is 387 g/mol. The first-order valence-corrected chi connectivity index (χ1v) is 7.69. The van der Waals surface area contributed by atoms with Crippen LogP contribution in [0.3, 0.4) is 0 Å². The molecule has 23 heavy (non-hydrogen) atoms. The van der Waals surface area contributed by atoms with E-state index in [9.17, 15) is 19.1 Å². The normalized spacial score (nSPS) is 13.7. The summed E-state index contributed by atoms with van der Waals surface area (Å²) >= 11 is 3.07. The minimum absolute atomic E-state index is 0.00107. The molecule has 0 fully saturated rings. The molecule has 1 heterocycles. The van der Waals surface area contributed by atoms with E-state index in [1.165, 1.54) is 16.8 Å². The quantitative estimate of drug-likeness (QED) is 0.822. The third-order valence-electron chi connectivity index (χ3n) is 3.35. The number of aliphatic hydroxyl groups excluding tert-OH is 1. The third-order valence-corrected chi connectivity index (χ3v) is 3.95. The standard InChI is InChI=1S/C15H16BrFN2O4/c1-8(23-15(18)22)4-10(20)7-19-3-2-9-5-12(16)13(17)6-11(9)14(19)21/h2-3,5-6,8,10,20H,4,7H2,1H3,(H2,18,22)/t8-,10?/m0/s1. The van der Waals surface area contributed by atoms with Crippen molar-refractivity contribution in [2.45, 2.75) is 32.1 Å². The fraction of sp³-hybridized carbons (Fsp3) is 0.333. The highest BCUT2D eigenvalue weighted by Gasteiger charge is 2.15. The summed E-state index contributed by atoms with van der Waals surface area (Å²) in [5.74, 6) is -0.531. The number of fused-ring (bicyclic) bond motifs is 1. The van der Waals surface area contributed by atoms with Crippen molar-refractivity contribution < 1.29 is 19.0 Å². The SMILES string of the molecule is C[C@@H](CC(O)Cn1ccc2cc(Br)c(F)cc2c1=O)OC(N)=O. The molecule has 1 aromatic heterocycles. The van der Waals surface area contributed by atoms with Gasteiger partial charge >= 0.3 is 6.09 Å². The summed E-state index contributed by atoms with van der Waals surface area (Å²) in [6.45, 7) is 1.59. The van der Waals surface area contributed by atoms with E-state index in [4.69, 9.17) is 10.5 Å². The molecule has 0 spiro atoms. The molecule has 1 unspecified atom stereocenters. The van der Waals surface area contributed by atoms with Gasteiger partial charge in [-0.15, -0.1) is 0 Å². The first-order chi connectivity index (χ1) is 10.8. The molecule has 8 heteroatoms. The van der Waals surface area contributed by atoms with Gasteiger partial charge in [-0.3, -0.25) is 4.79 Å². The largest absolute Gasteiger partial charge is 0.447 e. The Labute approximate surface area is 139 Å². The van der Waals surface area contributed by atoms with E-state index in [1.807, 2.05) is 0 Å². The highest BCUT2D eigenvalue weighted by Crippen LogP contribution is 2.21. The van der Waals surface area contributed by atoms with Crippen molar-refractivity contribution >= 4 is 32.8 Å². The molecule has 2 rings (SSSR count). The number of carbonyl (C=O) groups excluding carboxylic acids is 1. The van der Waals surface area contributed by atoms with Crippen LogP contribution in [0.15, 0.2) is 33.7 Å². The van der Waals surface area contributed by atoms with Crippen molar-refractivity contribution in [3.8, 4) is 0 Å². The summed E-state index contributed by atoms with van der Waals surface area (Å²) in [4.78, 5) is 23.0. The van der Waals surface area contributed by atoms with Gasteiger partial charge in [-0.2, -0.15) is 0 Å². The second-order valence-corrected chi connectivity index (χ2v) is 6.12. The van der Waals surface area contributed by atoms with Gasteiger partial charge in [-0.05, 0) is 46.4 Å². The Morgan fingerprint density at radius 1 is 1.52 bits per heavy atom. The Kier molecular flexibility index (Phi) is 5.38. The predicted molar refractivity (Wildman–Crippen MR) is 86.6 cm³/mol. The van der Waals surface area contributed by atoms with Gasteiger partial charge in [0.05, 0.1) is 22.5 Å². The Bertz CT molecular complexity index is 793. The number of rotatable bonds is 5. The molecular formula is C15H16BrFN2O4. The van der Waals surface area contributed by atoms with Gasteiger partial charge < -0.3 is 20.1 Å². The van der Waals surface area contributed by atoms with Crippen molar-refractivity contribution in [2.75, 3.05) is 0 Å². The number of aromatic nitrogens is 1. The van der Waals surface area contributed by atoms with Crippen LogP contribution < -0.4 is 11.3 Å². The maximum absolute atomic E-state index is 13.6. The minimum atomic E-state index is -0.923. The number of pyridine rings is 1. The van der Waals surface area contributed by atoms with Crippen LogP contribution in [0.5, 0.6) is 0 Å². The van der Waals surface area contributed by atoms with Crippen molar-refractivity contribution in [1.29, 1.82) is 0 Å². The van der Waals surface area contributed by atoms with Gasteiger partial charge in [0.15, 0.2) is 0 Å². The number of carbonyl (C=O) groups is 1. The molecule has 0 saturated heterocycles. The summed E-state index contributed by atoms with van der Waals surface area (Å²) < 4.78 is 19.9. The predicted octanol–water partition coefficient (Wildman–Crippen LogP) is 2.14. The molecule has 0 aliphatic heterocycles. The highest BCUT2D eigenvalue weighted by molar-refractivity contribution is 9.10. The van der Waals surface area contributed by atoms with Crippen LogP contribution in [0.25, 0.3) is 10.8 Å². The number of amides is 1. The molecule has 3 N–H and O–H groups in total. The average Bonchev–Trinajstić information content (AvgIpc) is 2.43. The number of halogens is 2. The molecular weight excluding hydrogens is 371 g/mol. The lowest BCUT2D eigenvalue weighted by atomic mass is 10.1. The van der Waals surface area contributed by atoms with Gasteiger partial charge in [-0.1, -0.05) is 0 Å². The lowest BCUT2D eigenvalue weighted by Crippen LogP contribution is -2.30. The minimum Gasteiger partial charge on any atom is -0.447 e. The number of hydrogen-bond donors (Lipinski definition) is 2. The van der Waals surface area contributed by atoms with E-state index in [0.717, 1.165) is 6.07 Å². The number of ether oxygens (including phenoxy) is 1. The maximum Gasteiger partial charge on any atom is 0.404 e. The Balaban J connectivity index is 2.20. The van der Waals surface area contributed by atoms with Crippen LogP contribution in [0.1, 0.15) is 13.3 Å². The highest BCUT2D eigenvalue weighted by atomic mass is 79.9. The van der Waals surface area contributed by atoms with Crippen LogP contribution in [0.2, 0.25) is 0 Å². The first kappa shape index (κ1) is 17.4. The summed E-state index contributed by atoms with van der Waals surface area (Å²) in [6, 6.07) is 4.34. The molecule has 124 valence electrons. The van der Waals surface area contributed by atoms with E-state index in [1.54, 1.807) is 13.0 Å². The van der Waals surface area contributed by atoms with Gasteiger partial charge in [0, 0.05) is 12.6 Å². The smallest absolute Gasteiger partial charge is 0.404 e. The Morgan fingerprint density at radius 3 is 2.87 bits per heavy atom. The molecule has 2 aromatic rings. The molecule has 0 saturated carbocycles. The molecule has 0 aliphatic rings. The van der Waals surface area contributed by atoms with Gasteiger partial charge in [0.25, 0.3) is 5.56 Å². The molecule has 0 aliphatic carbocycles. The second kappa shape index (κ2) is 7.10. The number of aliphatic hydroxyl groups is 1. The van der Waals surface area contributed by atoms with Crippen LogP contribution in [0.4, 0.5) is 9.18 Å². The molecule has 6 nitrogen and oxygen atoms in total. The monoisotopic (exact) mass is 386 g/mol. The van der Waals surface area contributed by atoms with E-state index < -0.39 is 29.7 Å². The van der Waals surface area contributed by atoms with Gasteiger partial charge in [0.1, 0.15) is 11.9 Å². The van der Waals surface area contributed by atoms with Crippen molar-refractivity contribution in [3.63, 3.8) is 0 Å². The van der Waals surface area contributed by atoms with Crippen LogP contribution in [-0.4, -0.2) is 28.0 Å². The summed E-state index contributed by atoms with van der Waals surface area (Å²) in [5, 5.41) is 10.8. The third kappa shape index (κ3) is 4.29. The number of hydrogen-bond acceptors (Lipinski definition) is 4. The molecule has 0 bridgehead atoms. The fourth-order valence-corrected chi connectivity index (χ4v) is 2.71. The summed E-state index contributed by atoms with van der Waals surface area (Å²) in [7, 11) is 0. The van der Waals surface area contributed by atoms with E-state index >= 15 is 0 Å². The van der Waals surface area contributed by atoms with Crippen molar-refractivity contribution in [2.24, 2.45) is 5.73 Å². The van der Waals surface area contributed by atoms with Crippen LogP contribution in [-0.2, 0) is 11.3 Å².